The minimum Gasteiger partial charge on any atom is -0.452 e. The molecule has 2 aromatic rings. The summed E-state index contributed by atoms with van der Waals surface area (Å²) in [6, 6.07) is 11.8. The van der Waals surface area contributed by atoms with Crippen molar-refractivity contribution in [2.75, 3.05) is 16.8 Å². The van der Waals surface area contributed by atoms with Gasteiger partial charge in [-0.15, -0.1) is 23.2 Å². The highest BCUT2D eigenvalue weighted by Gasteiger charge is 2.66. The number of alkyl halides is 2. The lowest BCUT2D eigenvalue weighted by Gasteiger charge is -2.28. The van der Waals surface area contributed by atoms with Crippen LogP contribution in [0.5, 0.6) is 0 Å². The van der Waals surface area contributed by atoms with Gasteiger partial charge < -0.3 is 10.1 Å². The molecule has 0 radical (unpaired) electrons. The Morgan fingerprint density at radius 2 is 1.66 bits per heavy atom. The number of halogens is 2. The van der Waals surface area contributed by atoms with Crippen LogP contribution in [0.15, 0.2) is 42.5 Å². The van der Waals surface area contributed by atoms with Gasteiger partial charge in [-0.1, -0.05) is 18.2 Å². The number of carbonyl (C=O) groups is 4. The molecule has 35 heavy (non-hydrogen) atoms. The molecule has 2 aromatic carbocycles. The van der Waals surface area contributed by atoms with Crippen LogP contribution in [0.4, 0.5) is 11.4 Å². The summed E-state index contributed by atoms with van der Waals surface area (Å²) in [4.78, 5) is 52.4. The Morgan fingerprint density at radius 1 is 1.00 bits per heavy atom. The third kappa shape index (κ3) is 4.00. The maximum Gasteiger partial charge on any atom is 0.338 e. The molecule has 5 rings (SSSR count). The first-order valence-corrected chi connectivity index (χ1v) is 12.3. The van der Waals surface area contributed by atoms with E-state index in [0.29, 0.717) is 17.8 Å². The van der Waals surface area contributed by atoms with E-state index >= 15 is 0 Å². The predicted octanol–water partition coefficient (Wildman–Crippen LogP) is 4.07. The van der Waals surface area contributed by atoms with Crippen LogP contribution in [-0.2, 0) is 19.1 Å². The molecule has 7 nitrogen and oxygen atoms in total. The van der Waals surface area contributed by atoms with Crippen LogP contribution in [0.2, 0.25) is 0 Å². The van der Waals surface area contributed by atoms with Crippen LogP contribution in [0.3, 0.4) is 0 Å². The number of aryl methyl sites for hydroxylation is 2. The van der Waals surface area contributed by atoms with Crippen LogP contribution in [-0.4, -0.2) is 41.1 Å². The van der Waals surface area contributed by atoms with Gasteiger partial charge in [0.1, 0.15) is 0 Å². The summed E-state index contributed by atoms with van der Waals surface area (Å²) in [5.74, 6) is -3.02. The third-order valence-corrected chi connectivity index (χ3v) is 8.65. The molecule has 1 saturated heterocycles. The summed E-state index contributed by atoms with van der Waals surface area (Å²) in [5, 5.41) is 2.06. The highest BCUT2D eigenvalue weighted by Crippen LogP contribution is 2.59. The molecule has 9 heteroatoms. The lowest BCUT2D eigenvalue weighted by molar-refractivity contribution is -0.123. The van der Waals surface area contributed by atoms with E-state index in [4.69, 9.17) is 27.9 Å². The molecule has 0 spiro atoms. The predicted molar refractivity (Wildman–Crippen MR) is 132 cm³/mol. The normalized spacial score (nSPS) is 28.9. The maximum absolute atomic E-state index is 13.2. The molecular formula is C26H24Cl2N2O5. The Kier molecular flexibility index (Phi) is 6.09. The van der Waals surface area contributed by atoms with E-state index in [1.54, 1.807) is 12.1 Å². The van der Waals surface area contributed by atoms with Crippen LogP contribution in [0.1, 0.15) is 27.9 Å². The minimum absolute atomic E-state index is 0.126. The molecule has 6 atom stereocenters. The molecule has 0 aromatic heterocycles. The van der Waals surface area contributed by atoms with Gasteiger partial charge in [0.05, 0.1) is 33.8 Å². The van der Waals surface area contributed by atoms with Gasteiger partial charge in [-0.25, -0.2) is 4.79 Å². The number of imide groups is 1. The van der Waals surface area contributed by atoms with Crippen molar-refractivity contribution in [1.29, 1.82) is 0 Å². The minimum atomic E-state index is -0.732. The Labute approximate surface area is 212 Å². The van der Waals surface area contributed by atoms with E-state index in [-0.39, 0.29) is 40.0 Å². The molecule has 1 aliphatic heterocycles. The average Bonchev–Trinajstić information content (AvgIpc) is 3.44. The first-order valence-electron chi connectivity index (χ1n) is 11.5. The van der Waals surface area contributed by atoms with Crippen molar-refractivity contribution in [2.24, 2.45) is 23.7 Å². The fourth-order valence-electron chi connectivity index (χ4n) is 5.65. The van der Waals surface area contributed by atoms with Gasteiger partial charge >= 0.3 is 5.97 Å². The smallest absolute Gasteiger partial charge is 0.338 e. The summed E-state index contributed by atoms with van der Waals surface area (Å²) >= 11 is 12.8. The quantitative estimate of drug-likeness (QED) is 0.368. The lowest BCUT2D eigenvalue weighted by Crippen LogP contribution is -2.37. The summed E-state index contributed by atoms with van der Waals surface area (Å²) in [7, 11) is 0. The molecule has 3 amide bonds. The number of rotatable bonds is 5. The second kappa shape index (κ2) is 8.95. The second-order valence-electron chi connectivity index (χ2n) is 9.51. The third-order valence-electron chi connectivity index (χ3n) is 7.33. The number of nitrogens with one attached hydrogen (secondary N) is 1. The van der Waals surface area contributed by atoms with Crippen molar-refractivity contribution in [3.05, 3.63) is 59.2 Å². The number of benzene rings is 2. The van der Waals surface area contributed by atoms with Crippen molar-refractivity contribution in [1.82, 2.24) is 0 Å². The summed E-state index contributed by atoms with van der Waals surface area (Å²) < 4.78 is 5.18. The number of carbonyl (C=O) groups excluding carboxylic acids is 4. The van der Waals surface area contributed by atoms with Gasteiger partial charge in [0.2, 0.25) is 11.8 Å². The topological polar surface area (TPSA) is 92.8 Å². The van der Waals surface area contributed by atoms with Gasteiger partial charge in [0, 0.05) is 5.69 Å². The van der Waals surface area contributed by atoms with Crippen molar-refractivity contribution in [3.8, 4) is 0 Å². The van der Waals surface area contributed by atoms with Crippen molar-refractivity contribution < 1.29 is 23.9 Å². The zero-order valence-electron chi connectivity index (χ0n) is 19.2. The van der Waals surface area contributed by atoms with E-state index in [1.165, 1.54) is 12.1 Å². The summed E-state index contributed by atoms with van der Waals surface area (Å²) in [6.07, 6.45) is 0.680. The maximum atomic E-state index is 13.2. The molecule has 182 valence electrons. The van der Waals surface area contributed by atoms with Gasteiger partial charge in [0.25, 0.3) is 5.91 Å². The number of anilines is 2. The molecule has 1 N–H and O–H groups in total. The zero-order chi connectivity index (χ0) is 25.0. The molecule has 2 aliphatic carbocycles. The molecule has 1 heterocycles. The Bertz CT molecular complexity index is 1220. The van der Waals surface area contributed by atoms with Crippen LogP contribution < -0.4 is 10.2 Å². The van der Waals surface area contributed by atoms with Gasteiger partial charge in [-0.3, -0.25) is 19.3 Å². The second-order valence-corrected chi connectivity index (χ2v) is 10.5. The average molecular weight is 515 g/mol. The standard InChI is InChI=1S/C26H24Cl2N2O5/c1-12-6-7-13(2)18(8-12)29-19(31)11-35-26(34)14-4-3-5-15(9-14)30-24(32)20-16-10-17(21(20)25(30)33)23(28)22(16)27/h3-9,16-17,20-23H,10-11H2,1-2H3,(H,29,31)/t16-,17-,20-,21+,22+,23+/m1/s1. The molecule has 0 unspecified atom stereocenters. The first-order chi connectivity index (χ1) is 16.7. The number of fused-ring (bicyclic) bond motifs is 5. The lowest BCUT2D eigenvalue weighted by atomic mass is 9.80. The van der Waals surface area contributed by atoms with E-state index in [0.717, 1.165) is 16.0 Å². The largest absolute Gasteiger partial charge is 0.452 e. The number of amides is 3. The fraction of sp³-hybridized carbons (Fsp3) is 0.385. The Hall–Kier alpha value is -2.90. The molecular weight excluding hydrogens is 491 g/mol. The highest BCUT2D eigenvalue weighted by atomic mass is 35.5. The fourth-order valence-corrected chi connectivity index (χ4v) is 6.54. The highest BCUT2D eigenvalue weighted by molar-refractivity contribution is 6.32. The Morgan fingerprint density at radius 3 is 2.31 bits per heavy atom. The number of nitrogens with zero attached hydrogens (tertiary/aromatic N) is 1. The monoisotopic (exact) mass is 514 g/mol. The van der Waals surface area contributed by atoms with Gasteiger partial charge in [-0.05, 0) is 67.5 Å². The van der Waals surface area contributed by atoms with E-state index < -0.39 is 30.3 Å². The zero-order valence-corrected chi connectivity index (χ0v) is 20.7. The van der Waals surface area contributed by atoms with Crippen molar-refractivity contribution >= 4 is 58.3 Å². The number of esters is 1. The molecule has 2 bridgehead atoms. The van der Waals surface area contributed by atoms with Crippen LogP contribution in [0, 0.1) is 37.5 Å². The van der Waals surface area contributed by atoms with Gasteiger partial charge in [-0.2, -0.15) is 0 Å². The number of hydrogen-bond donors (Lipinski definition) is 1. The van der Waals surface area contributed by atoms with E-state index in [9.17, 15) is 19.2 Å². The molecule has 3 fully saturated rings. The van der Waals surface area contributed by atoms with E-state index in [2.05, 4.69) is 5.32 Å². The number of hydrogen-bond acceptors (Lipinski definition) is 5. The van der Waals surface area contributed by atoms with Gasteiger partial charge in [0.15, 0.2) is 6.61 Å². The Balaban J connectivity index is 1.27. The SMILES string of the molecule is Cc1ccc(C)c(NC(=O)COC(=O)c2cccc(N3C(=O)[C@@H]4[C@H]5C[C@@H]([C@H](Cl)[C@H]5Cl)[C@@H]4C3=O)c2)c1. The summed E-state index contributed by atoms with van der Waals surface area (Å²) in [6.45, 7) is 3.31. The molecule has 2 saturated carbocycles. The number of ether oxygens (including phenoxy) is 1. The molecule has 3 aliphatic rings. The van der Waals surface area contributed by atoms with Crippen molar-refractivity contribution in [3.63, 3.8) is 0 Å². The van der Waals surface area contributed by atoms with Crippen LogP contribution >= 0.6 is 23.2 Å². The van der Waals surface area contributed by atoms with Crippen LogP contribution in [0.25, 0.3) is 0 Å². The first kappa shape index (κ1) is 23.8. The van der Waals surface area contributed by atoms with E-state index in [1.807, 2.05) is 32.0 Å². The summed E-state index contributed by atoms with van der Waals surface area (Å²) in [5.41, 5.74) is 2.96. The van der Waals surface area contributed by atoms with Crippen molar-refractivity contribution in [2.45, 2.75) is 31.0 Å².